The van der Waals surface area contributed by atoms with Crippen LogP contribution in [0.4, 0.5) is 0 Å². The summed E-state index contributed by atoms with van der Waals surface area (Å²) in [7, 11) is 1.32. The van der Waals surface area contributed by atoms with E-state index >= 15 is 0 Å². The smallest absolute Gasteiger partial charge is 0.328 e. The fourth-order valence-corrected chi connectivity index (χ4v) is 4.64. The number of benzene rings is 3. The third-order valence-corrected chi connectivity index (χ3v) is 6.46. The summed E-state index contributed by atoms with van der Waals surface area (Å²) < 4.78 is 10.7. The van der Waals surface area contributed by atoms with E-state index in [1.165, 1.54) is 12.0 Å². The first-order valence-electron chi connectivity index (χ1n) is 11.9. The van der Waals surface area contributed by atoms with Gasteiger partial charge in [0.1, 0.15) is 17.5 Å². The minimum atomic E-state index is -0.681. The number of amides is 2. The van der Waals surface area contributed by atoms with E-state index in [1.54, 1.807) is 24.3 Å². The number of hydrogen-bond donors (Lipinski definition) is 1. The minimum absolute atomic E-state index is 0.0199. The highest BCUT2D eigenvalue weighted by Crippen LogP contribution is 2.34. The Morgan fingerprint density at radius 1 is 0.944 bits per heavy atom. The number of rotatable bonds is 7. The van der Waals surface area contributed by atoms with Crippen LogP contribution >= 0.6 is 0 Å². The zero-order valence-corrected chi connectivity index (χ0v) is 20.7. The Hall–Kier alpha value is -4.13. The second kappa shape index (κ2) is 11.1. The van der Waals surface area contributed by atoms with Gasteiger partial charge in [-0.3, -0.25) is 9.59 Å². The van der Waals surface area contributed by atoms with E-state index in [0.717, 1.165) is 16.7 Å². The van der Waals surface area contributed by atoms with E-state index in [0.29, 0.717) is 30.0 Å². The maximum atomic E-state index is 13.1. The van der Waals surface area contributed by atoms with E-state index < -0.39 is 12.0 Å². The molecule has 1 N–H and O–H groups in total. The second-order valence-electron chi connectivity index (χ2n) is 9.00. The number of aryl methyl sites for hydroxylation is 2. The molecule has 0 bridgehead atoms. The van der Waals surface area contributed by atoms with E-state index in [2.05, 4.69) is 17.4 Å². The molecule has 2 atom stereocenters. The van der Waals surface area contributed by atoms with Gasteiger partial charge in [0.05, 0.1) is 13.7 Å². The van der Waals surface area contributed by atoms with Crippen molar-refractivity contribution >= 4 is 17.8 Å². The molecule has 2 amide bonds. The number of hydrogen-bond acceptors (Lipinski definition) is 5. The highest BCUT2D eigenvalue weighted by Gasteiger charge is 2.41. The van der Waals surface area contributed by atoms with Crippen molar-refractivity contribution in [1.29, 1.82) is 0 Å². The van der Waals surface area contributed by atoms with Gasteiger partial charge in [0.25, 0.3) is 5.91 Å². The molecule has 0 radical (unpaired) electrons. The zero-order valence-electron chi connectivity index (χ0n) is 20.7. The predicted octanol–water partition coefficient (Wildman–Crippen LogP) is 4.38. The summed E-state index contributed by atoms with van der Waals surface area (Å²) in [6.07, 6.45) is 0.485. The van der Waals surface area contributed by atoms with Crippen LogP contribution in [0.15, 0.2) is 72.8 Å². The first-order chi connectivity index (χ1) is 17.4. The molecule has 1 saturated heterocycles. The van der Waals surface area contributed by atoms with Gasteiger partial charge in [-0.1, -0.05) is 42.0 Å². The molecular weight excluding hydrogens is 456 g/mol. The average Bonchev–Trinajstić information content (AvgIpc) is 3.33. The van der Waals surface area contributed by atoms with Crippen LogP contribution < -0.4 is 10.1 Å². The standard InChI is InChI=1S/C29H30N2O5/c1-19-9-14-25(20(2)15-19)22-16-26(29(34)35-3)31(18-22)27(32)17-30-28(33)21-10-12-24(13-11-21)36-23-7-5-4-6-8-23/h4-15,22,26H,16-18H2,1-3H3,(H,30,33)/t22-,26-/m0/s1. The number of nitrogens with zero attached hydrogens (tertiary/aromatic N) is 1. The largest absolute Gasteiger partial charge is 0.467 e. The first kappa shape index (κ1) is 25.0. The summed E-state index contributed by atoms with van der Waals surface area (Å²) in [5, 5.41) is 2.67. The van der Waals surface area contributed by atoms with Crippen molar-refractivity contribution in [2.45, 2.75) is 32.2 Å². The third-order valence-electron chi connectivity index (χ3n) is 6.46. The average molecular weight is 487 g/mol. The van der Waals surface area contributed by atoms with E-state index in [-0.39, 0.29) is 24.3 Å². The Balaban J connectivity index is 1.38. The van der Waals surface area contributed by atoms with Gasteiger partial charge in [0.2, 0.25) is 5.91 Å². The summed E-state index contributed by atoms with van der Waals surface area (Å²) >= 11 is 0. The Morgan fingerprint density at radius 2 is 1.64 bits per heavy atom. The van der Waals surface area contributed by atoms with Crippen molar-refractivity contribution in [2.75, 3.05) is 20.2 Å². The summed E-state index contributed by atoms with van der Waals surface area (Å²) in [5.74, 6) is 0.168. The van der Waals surface area contributed by atoms with Gasteiger partial charge >= 0.3 is 5.97 Å². The number of methoxy groups -OCH3 is 1. The van der Waals surface area contributed by atoms with Crippen LogP contribution in [-0.2, 0) is 14.3 Å². The number of para-hydroxylation sites is 1. The van der Waals surface area contributed by atoms with Gasteiger partial charge in [0, 0.05) is 18.0 Å². The summed E-state index contributed by atoms with van der Waals surface area (Å²) in [6, 6.07) is 21.5. The quantitative estimate of drug-likeness (QED) is 0.501. The molecule has 0 saturated carbocycles. The van der Waals surface area contributed by atoms with Crippen LogP contribution in [-0.4, -0.2) is 48.9 Å². The van der Waals surface area contributed by atoms with Crippen molar-refractivity contribution in [3.8, 4) is 11.5 Å². The van der Waals surface area contributed by atoms with Gasteiger partial charge in [-0.15, -0.1) is 0 Å². The Bertz CT molecular complexity index is 1240. The van der Waals surface area contributed by atoms with Crippen LogP contribution in [0, 0.1) is 13.8 Å². The number of likely N-dealkylation sites (tertiary alicyclic amines) is 1. The maximum Gasteiger partial charge on any atom is 0.328 e. The van der Waals surface area contributed by atoms with Crippen LogP contribution in [0.1, 0.15) is 39.4 Å². The number of ether oxygens (including phenoxy) is 2. The predicted molar refractivity (Wildman–Crippen MR) is 136 cm³/mol. The lowest BCUT2D eigenvalue weighted by Gasteiger charge is -2.23. The van der Waals surface area contributed by atoms with E-state index in [9.17, 15) is 14.4 Å². The number of carbonyl (C=O) groups excluding carboxylic acids is 3. The highest BCUT2D eigenvalue weighted by atomic mass is 16.5. The van der Waals surface area contributed by atoms with Crippen molar-refractivity contribution in [1.82, 2.24) is 10.2 Å². The van der Waals surface area contributed by atoms with Gasteiger partial charge in [-0.25, -0.2) is 4.79 Å². The van der Waals surface area contributed by atoms with Gasteiger partial charge in [-0.2, -0.15) is 0 Å². The van der Waals surface area contributed by atoms with Crippen molar-refractivity contribution in [3.05, 3.63) is 95.1 Å². The molecular formula is C29H30N2O5. The van der Waals surface area contributed by atoms with E-state index in [1.807, 2.05) is 50.2 Å². The molecule has 1 aliphatic heterocycles. The molecule has 1 fully saturated rings. The highest BCUT2D eigenvalue weighted by molar-refractivity contribution is 5.97. The molecule has 0 unspecified atom stereocenters. The molecule has 1 aliphatic rings. The van der Waals surface area contributed by atoms with Crippen LogP contribution in [0.25, 0.3) is 0 Å². The number of nitrogens with one attached hydrogen (secondary N) is 1. The first-order valence-corrected chi connectivity index (χ1v) is 11.9. The number of esters is 1. The molecule has 7 nitrogen and oxygen atoms in total. The Morgan fingerprint density at radius 3 is 2.31 bits per heavy atom. The summed E-state index contributed by atoms with van der Waals surface area (Å²) in [5.41, 5.74) is 3.81. The van der Waals surface area contributed by atoms with Crippen LogP contribution in [0.2, 0.25) is 0 Å². The molecule has 0 spiro atoms. The second-order valence-corrected chi connectivity index (χ2v) is 9.00. The maximum absolute atomic E-state index is 13.1. The molecule has 1 heterocycles. The zero-order chi connectivity index (χ0) is 25.7. The summed E-state index contributed by atoms with van der Waals surface area (Å²) in [6.45, 7) is 4.25. The molecule has 0 aromatic heterocycles. The van der Waals surface area contributed by atoms with Crippen molar-refractivity contribution in [2.24, 2.45) is 0 Å². The third kappa shape index (κ3) is 5.74. The number of carbonyl (C=O) groups is 3. The lowest BCUT2D eigenvalue weighted by atomic mass is 9.91. The van der Waals surface area contributed by atoms with Crippen LogP contribution in [0.5, 0.6) is 11.5 Å². The van der Waals surface area contributed by atoms with Gasteiger partial charge in [-0.05, 0) is 67.8 Å². The molecule has 4 rings (SSSR count). The molecule has 36 heavy (non-hydrogen) atoms. The molecule has 3 aromatic carbocycles. The monoisotopic (exact) mass is 486 g/mol. The SMILES string of the molecule is COC(=O)[C@@H]1C[C@H](c2ccc(C)cc2C)CN1C(=O)CNC(=O)c1ccc(Oc2ccccc2)cc1. The fourth-order valence-electron chi connectivity index (χ4n) is 4.64. The lowest BCUT2D eigenvalue weighted by Crippen LogP contribution is -2.46. The normalized spacial score (nSPS) is 16.9. The van der Waals surface area contributed by atoms with Gasteiger partial charge in [0.15, 0.2) is 0 Å². The summed E-state index contributed by atoms with van der Waals surface area (Å²) in [4.78, 5) is 39.7. The Kier molecular flexibility index (Phi) is 7.68. The molecule has 3 aromatic rings. The lowest BCUT2D eigenvalue weighted by molar-refractivity contribution is -0.150. The van der Waals surface area contributed by atoms with Crippen molar-refractivity contribution in [3.63, 3.8) is 0 Å². The molecule has 7 heteroatoms. The van der Waals surface area contributed by atoms with E-state index in [4.69, 9.17) is 9.47 Å². The topological polar surface area (TPSA) is 84.9 Å². The Labute approximate surface area is 211 Å². The van der Waals surface area contributed by atoms with Crippen LogP contribution in [0.3, 0.4) is 0 Å². The van der Waals surface area contributed by atoms with Gasteiger partial charge < -0.3 is 19.7 Å². The van der Waals surface area contributed by atoms with Crippen molar-refractivity contribution < 1.29 is 23.9 Å². The minimum Gasteiger partial charge on any atom is -0.467 e. The fraction of sp³-hybridized carbons (Fsp3) is 0.276. The molecule has 0 aliphatic carbocycles. The molecule has 186 valence electrons.